The van der Waals surface area contributed by atoms with E-state index in [1.807, 2.05) is 0 Å². The normalized spacial score (nSPS) is 14.7. The van der Waals surface area contributed by atoms with Crippen LogP contribution in [-0.4, -0.2) is 46.4 Å². The molecule has 1 aromatic carbocycles. The molecule has 1 N–H and O–H groups in total. The number of aromatic nitrogens is 2. The predicted octanol–water partition coefficient (Wildman–Crippen LogP) is 2.85. The molecule has 0 atom stereocenters. The summed E-state index contributed by atoms with van der Waals surface area (Å²) in [7, 11) is 0. The lowest BCUT2D eigenvalue weighted by molar-refractivity contribution is -0.274. The van der Waals surface area contributed by atoms with Crippen molar-refractivity contribution in [2.75, 3.05) is 18.4 Å². The monoisotopic (exact) mass is 384 g/mol. The summed E-state index contributed by atoms with van der Waals surface area (Å²) >= 11 is 0. The Bertz CT molecular complexity index is 831. The molecular weight excluding hydrogens is 369 g/mol. The maximum Gasteiger partial charge on any atom is 0.573 e. The number of likely N-dealkylation sites (tertiary alicyclic amines) is 1. The zero-order chi connectivity index (χ0) is 19.4. The molecule has 0 radical (unpaired) electrons. The summed E-state index contributed by atoms with van der Waals surface area (Å²) in [6.45, 7) is 1.18. The lowest BCUT2D eigenvalue weighted by Gasteiger charge is -2.24. The van der Waals surface area contributed by atoms with E-state index in [1.165, 1.54) is 12.1 Å². The molecule has 0 saturated carbocycles. The Kier molecular flexibility index (Phi) is 5.28. The van der Waals surface area contributed by atoms with E-state index in [0.717, 1.165) is 31.4 Å². The number of nitrogens with one attached hydrogen (secondary N) is 1. The highest BCUT2D eigenvalue weighted by atomic mass is 19.4. The minimum absolute atomic E-state index is 0.112. The van der Waals surface area contributed by atoms with E-state index in [2.05, 4.69) is 20.3 Å². The van der Waals surface area contributed by atoms with Gasteiger partial charge in [-0.3, -0.25) is 14.9 Å². The van der Waals surface area contributed by atoms with Gasteiger partial charge in [-0.05, 0) is 37.5 Å². The lowest BCUT2D eigenvalue weighted by atomic mass is 10.1. The number of nitrogens with zero attached hydrogens (tertiary/aromatic N) is 3. The van der Waals surface area contributed by atoms with Crippen molar-refractivity contribution < 1.29 is 31.9 Å². The summed E-state index contributed by atoms with van der Waals surface area (Å²) in [5.41, 5.74) is -0.112. The number of ether oxygens (including phenoxy) is 1. The second-order valence-corrected chi connectivity index (χ2v) is 5.79. The minimum atomic E-state index is -4.87. The highest BCUT2D eigenvalue weighted by molar-refractivity contribution is 6.03. The molecule has 3 rings (SSSR count). The fourth-order valence-corrected chi connectivity index (χ4v) is 2.60. The van der Waals surface area contributed by atoms with E-state index in [0.29, 0.717) is 13.1 Å². The van der Waals surface area contributed by atoms with Crippen LogP contribution in [0.4, 0.5) is 19.2 Å². The molecule has 2 aromatic rings. The fourth-order valence-electron chi connectivity index (χ4n) is 2.60. The standard InChI is InChI=1S/C16H15F3N4O4/c17-16(18,19)27-11-6-4-5-10(9-11)12(24)20-15-22-21-13(26-15)14(25)23-7-2-1-3-8-23/h4-6,9H,1-3,7-8H2,(H,20,22,24). The number of halogens is 3. The largest absolute Gasteiger partial charge is 0.573 e. The van der Waals surface area contributed by atoms with Crippen LogP contribution in [0.5, 0.6) is 5.75 Å². The van der Waals surface area contributed by atoms with Crippen LogP contribution in [0.15, 0.2) is 28.7 Å². The van der Waals surface area contributed by atoms with Crippen LogP contribution in [0.2, 0.25) is 0 Å². The first-order valence-corrected chi connectivity index (χ1v) is 8.12. The Labute approximate surface area is 151 Å². The molecule has 8 nitrogen and oxygen atoms in total. The number of amides is 2. The molecule has 0 bridgehead atoms. The van der Waals surface area contributed by atoms with Crippen molar-refractivity contribution in [3.8, 4) is 5.75 Å². The molecular formula is C16H15F3N4O4. The average molecular weight is 384 g/mol. The van der Waals surface area contributed by atoms with Crippen LogP contribution in [-0.2, 0) is 0 Å². The molecule has 1 aromatic heterocycles. The van der Waals surface area contributed by atoms with Crippen molar-refractivity contribution in [3.05, 3.63) is 35.7 Å². The zero-order valence-electron chi connectivity index (χ0n) is 14.0. The maximum absolute atomic E-state index is 12.3. The van der Waals surface area contributed by atoms with Gasteiger partial charge in [0.15, 0.2) is 0 Å². The van der Waals surface area contributed by atoms with E-state index in [-0.39, 0.29) is 17.5 Å². The molecule has 1 aliphatic rings. The first-order valence-electron chi connectivity index (χ1n) is 8.12. The molecule has 2 amide bonds. The van der Waals surface area contributed by atoms with Crippen molar-refractivity contribution in [2.24, 2.45) is 0 Å². The molecule has 0 aliphatic carbocycles. The number of rotatable bonds is 4. The molecule has 0 spiro atoms. The van der Waals surface area contributed by atoms with Crippen LogP contribution in [0.25, 0.3) is 0 Å². The third kappa shape index (κ3) is 4.96. The van der Waals surface area contributed by atoms with E-state index in [1.54, 1.807) is 4.90 Å². The number of carbonyl (C=O) groups is 2. The van der Waals surface area contributed by atoms with Gasteiger partial charge in [-0.25, -0.2) is 0 Å². The van der Waals surface area contributed by atoms with Gasteiger partial charge in [0.05, 0.1) is 0 Å². The molecule has 2 heterocycles. The second-order valence-electron chi connectivity index (χ2n) is 5.79. The average Bonchev–Trinajstić information content (AvgIpc) is 3.09. The van der Waals surface area contributed by atoms with Crippen molar-refractivity contribution in [1.29, 1.82) is 0 Å². The first-order chi connectivity index (χ1) is 12.8. The quantitative estimate of drug-likeness (QED) is 0.871. The number of benzene rings is 1. The van der Waals surface area contributed by atoms with Crippen molar-refractivity contribution in [1.82, 2.24) is 15.1 Å². The molecule has 1 saturated heterocycles. The summed E-state index contributed by atoms with van der Waals surface area (Å²) in [6.07, 6.45) is -2.04. The summed E-state index contributed by atoms with van der Waals surface area (Å²) < 4.78 is 45.7. The zero-order valence-corrected chi connectivity index (χ0v) is 14.0. The predicted molar refractivity (Wildman–Crippen MR) is 85.1 cm³/mol. The van der Waals surface area contributed by atoms with Gasteiger partial charge in [-0.1, -0.05) is 11.2 Å². The Morgan fingerprint density at radius 2 is 1.89 bits per heavy atom. The maximum atomic E-state index is 12.3. The van der Waals surface area contributed by atoms with Gasteiger partial charge in [-0.15, -0.1) is 18.3 Å². The Morgan fingerprint density at radius 1 is 1.15 bits per heavy atom. The molecule has 0 unspecified atom stereocenters. The van der Waals surface area contributed by atoms with Crippen LogP contribution in [0.1, 0.15) is 40.3 Å². The van der Waals surface area contributed by atoms with Crippen LogP contribution in [0, 0.1) is 0 Å². The van der Waals surface area contributed by atoms with Crippen LogP contribution in [0.3, 0.4) is 0 Å². The van der Waals surface area contributed by atoms with E-state index < -0.39 is 23.9 Å². The van der Waals surface area contributed by atoms with Gasteiger partial charge >= 0.3 is 24.2 Å². The van der Waals surface area contributed by atoms with Gasteiger partial charge < -0.3 is 14.1 Å². The fraction of sp³-hybridized carbons (Fsp3) is 0.375. The molecule has 1 fully saturated rings. The lowest BCUT2D eigenvalue weighted by Crippen LogP contribution is -2.35. The van der Waals surface area contributed by atoms with Gasteiger partial charge in [0.2, 0.25) is 0 Å². The first kappa shape index (κ1) is 18.7. The Morgan fingerprint density at radius 3 is 2.59 bits per heavy atom. The number of piperidine rings is 1. The summed E-state index contributed by atoms with van der Waals surface area (Å²) in [5.74, 6) is -2.02. The molecule has 144 valence electrons. The molecule has 11 heteroatoms. The summed E-state index contributed by atoms with van der Waals surface area (Å²) in [4.78, 5) is 26.0. The summed E-state index contributed by atoms with van der Waals surface area (Å²) in [6, 6.07) is 4.16. The Balaban J connectivity index is 1.65. The van der Waals surface area contributed by atoms with E-state index in [4.69, 9.17) is 4.42 Å². The number of carbonyl (C=O) groups excluding carboxylic acids is 2. The topological polar surface area (TPSA) is 97.6 Å². The van der Waals surface area contributed by atoms with Crippen LogP contribution >= 0.6 is 0 Å². The van der Waals surface area contributed by atoms with Crippen molar-refractivity contribution in [3.63, 3.8) is 0 Å². The van der Waals surface area contributed by atoms with Gasteiger partial charge in [-0.2, -0.15) is 0 Å². The number of anilines is 1. The second kappa shape index (κ2) is 7.64. The number of alkyl halides is 3. The highest BCUT2D eigenvalue weighted by Crippen LogP contribution is 2.23. The minimum Gasteiger partial charge on any atom is -0.406 e. The third-order valence-electron chi connectivity index (χ3n) is 3.80. The van der Waals surface area contributed by atoms with Gasteiger partial charge in [0, 0.05) is 18.7 Å². The molecule has 27 heavy (non-hydrogen) atoms. The van der Waals surface area contributed by atoms with E-state index in [9.17, 15) is 22.8 Å². The third-order valence-corrected chi connectivity index (χ3v) is 3.80. The smallest absolute Gasteiger partial charge is 0.406 e. The Hall–Kier alpha value is -3.11. The van der Waals surface area contributed by atoms with Crippen molar-refractivity contribution >= 4 is 17.8 Å². The SMILES string of the molecule is O=C(Nc1nnc(C(=O)N2CCCCC2)o1)c1cccc(OC(F)(F)F)c1. The molecule has 1 aliphatic heterocycles. The number of hydrogen-bond donors (Lipinski definition) is 1. The van der Waals surface area contributed by atoms with Crippen molar-refractivity contribution in [2.45, 2.75) is 25.6 Å². The van der Waals surface area contributed by atoms with Crippen LogP contribution < -0.4 is 10.1 Å². The number of hydrogen-bond acceptors (Lipinski definition) is 6. The van der Waals surface area contributed by atoms with E-state index >= 15 is 0 Å². The highest BCUT2D eigenvalue weighted by Gasteiger charge is 2.31. The van der Waals surface area contributed by atoms with Gasteiger partial charge in [0.25, 0.3) is 5.91 Å². The summed E-state index contributed by atoms with van der Waals surface area (Å²) in [5, 5.41) is 9.42. The van der Waals surface area contributed by atoms with Gasteiger partial charge in [0.1, 0.15) is 5.75 Å².